The predicted molar refractivity (Wildman–Crippen MR) is 64.0 cm³/mol. The van der Waals surface area contributed by atoms with Crippen LogP contribution in [0.4, 0.5) is 0 Å². The van der Waals surface area contributed by atoms with Gasteiger partial charge in [-0.1, -0.05) is 6.92 Å². The van der Waals surface area contributed by atoms with Gasteiger partial charge in [-0.25, -0.2) is 8.42 Å². The van der Waals surface area contributed by atoms with Crippen molar-refractivity contribution in [2.24, 2.45) is 0 Å². The molecule has 5 heteroatoms. The molecule has 0 aliphatic carbocycles. The summed E-state index contributed by atoms with van der Waals surface area (Å²) in [7, 11) is -2.93. The summed E-state index contributed by atoms with van der Waals surface area (Å²) in [6.07, 6.45) is 1.61. The molecule has 0 spiro atoms. The molecule has 0 bridgehead atoms. The van der Waals surface area contributed by atoms with Crippen molar-refractivity contribution in [1.82, 2.24) is 5.32 Å². The summed E-state index contributed by atoms with van der Waals surface area (Å²) in [6.45, 7) is 5.48. The first-order valence-electron chi connectivity index (χ1n) is 5.44. The quantitative estimate of drug-likeness (QED) is 0.829. The zero-order chi connectivity index (χ0) is 12.2. The molecule has 1 aromatic rings. The third-order valence-corrected chi connectivity index (χ3v) is 4.34. The molecule has 1 heterocycles. The fourth-order valence-electron chi connectivity index (χ4n) is 1.59. The number of nitrogens with one attached hydrogen (secondary N) is 1. The molecule has 0 saturated carbocycles. The van der Waals surface area contributed by atoms with E-state index in [-0.39, 0.29) is 23.6 Å². The second-order valence-corrected chi connectivity index (χ2v) is 6.40. The zero-order valence-electron chi connectivity index (χ0n) is 9.93. The van der Waals surface area contributed by atoms with Gasteiger partial charge >= 0.3 is 0 Å². The molecule has 0 radical (unpaired) electrons. The highest BCUT2D eigenvalue weighted by atomic mass is 32.2. The summed E-state index contributed by atoms with van der Waals surface area (Å²) < 4.78 is 28.1. The molecule has 0 aliphatic rings. The van der Waals surface area contributed by atoms with Crippen molar-refractivity contribution < 1.29 is 12.8 Å². The van der Waals surface area contributed by atoms with E-state index in [4.69, 9.17) is 4.42 Å². The van der Waals surface area contributed by atoms with Crippen molar-refractivity contribution in [3.8, 4) is 0 Å². The third kappa shape index (κ3) is 3.98. The molecule has 0 saturated heterocycles. The van der Waals surface area contributed by atoms with Crippen LogP contribution in [0.3, 0.4) is 0 Å². The van der Waals surface area contributed by atoms with Gasteiger partial charge in [0.2, 0.25) is 0 Å². The van der Waals surface area contributed by atoms with Crippen LogP contribution in [0.1, 0.15) is 32.6 Å². The average Bonchev–Trinajstić information content (AvgIpc) is 2.69. The number of sulfone groups is 1. The lowest BCUT2D eigenvalue weighted by Gasteiger charge is -2.18. The molecule has 0 aliphatic heterocycles. The van der Waals surface area contributed by atoms with Crippen LogP contribution in [0.25, 0.3) is 0 Å². The van der Waals surface area contributed by atoms with Gasteiger partial charge < -0.3 is 9.73 Å². The molecule has 92 valence electrons. The lowest BCUT2D eigenvalue weighted by Crippen LogP contribution is -2.35. The summed E-state index contributed by atoms with van der Waals surface area (Å²) in [6, 6.07) is 3.64. The summed E-state index contributed by atoms with van der Waals surface area (Å²) in [5.41, 5.74) is 0. The number of rotatable bonds is 6. The maximum absolute atomic E-state index is 11.4. The highest BCUT2D eigenvalue weighted by Crippen LogP contribution is 2.13. The van der Waals surface area contributed by atoms with Gasteiger partial charge in [0.25, 0.3) is 0 Å². The Kier molecular flexibility index (Phi) is 4.56. The Morgan fingerprint density at radius 3 is 2.62 bits per heavy atom. The van der Waals surface area contributed by atoms with E-state index in [2.05, 4.69) is 5.32 Å². The maximum Gasteiger partial charge on any atom is 0.151 e. The molecule has 1 N–H and O–H groups in total. The SMILES string of the molecule is CCS(=O)(=O)C[C@H](C)N[C@H](C)c1ccco1. The number of hydrogen-bond acceptors (Lipinski definition) is 4. The van der Waals surface area contributed by atoms with Crippen LogP contribution >= 0.6 is 0 Å². The molecule has 0 aromatic carbocycles. The van der Waals surface area contributed by atoms with Crippen molar-refractivity contribution in [3.05, 3.63) is 24.2 Å². The van der Waals surface area contributed by atoms with Crippen LogP contribution in [-0.4, -0.2) is 26.0 Å². The monoisotopic (exact) mass is 245 g/mol. The van der Waals surface area contributed by atoms with E-state index in [9.17, 15) is 8.42 Å². The van der Waals surface area contributed by atoms with Gasteiger partial charge in [-0.3, -0.25) is 0 Å². The Bertz CT molecular complexity index is 397. The van der Waals surface area contributed by atoms with Crippen molar-refractivity contribution in [2.75, 3.05) is 11.5 Å². The Labute approximate surface area is 97.0 Å². The van der Waals surface area contributed by atoms with Crippen molar-refractivity contribution >= 4 is 9.84 Å². The van der Waals surface area contributed by atoms with Gasteiger partial charge in [0.1, 0.15) is 5.76 Å². The highest BCUT2D eigenvalue weighted by molar-refractivity contribution is 7.91. The van der Waals surface area contributed by atoms with Gasteiger partial charge in [-0.05, 0) is 26.0 Å². The van der Waals surface area contributed by atoms with Crippen LogP contribution in [0.15, 0.2) is 22.8 Å². The average molecular weight is 245 g/mol. The van der Waals surface area contributed by atoms with Crippen LogP contribution in [0, 0.1) is 0 Å². The minimum Gasteiger partial charge on any atom is -0.468 e. The van der Waals surface area contributed by atoms with E-state index in [1.165, 1.54) is 0 Å². The normalized spacial score (nSPS) is 15.9. The van der Waals surface area contributed by atoms with Crippen molar-refractivity contribution in [1.29, 1.82) is 0 Å². The number of furan rings is 1. The summed E-state index contributed by atoms with van der Waals surface area (Å²) in [4.78, 5) is 0. The summed E-state index contributed by atoms with van der Waals surface area (Å²) >= 11 is 0. The first-order valence-corrected chi connectivity index (χ1v) is 7.26. The summed E-state index contributed by atoms with van der Waals surface area (Å²) in [5, 5.41) is 3.20. The standard InChI is InChI=1S/C11H19NO3S/c1-4-16(13,14)8-9(2)12-10(3)11-6-5-7-15-11/h5-7,9-10,12H,4,8H2,1-3H3/t9-,10+/m0/s1. The largest absolute Gasteiger partial charge is 0.468 e. The van der Waals surface area contributed by atoms with Gasteiger partial charge in [0, 0.05) is 11.8 Å². The molecule has 1 rings (SSSR count). The fraction of sp³-hybridized carbons (Fsp3) is 0.636. The predicted octanol–water partition coefficient (Wildman–Crippen LogP) is 1.75. The van der Waals surface area contributed by atoms with Crippen molar-refractivity contribution in [2.45, 2.75) is 32.9 Å². The molecule has 0 fully saturated rings. The minimum atomic E-state index is -2.93. The lowest BCUT2D eigenvalue weighted by atomic mass is 10.2. The van der Waals surface area contributed by atoms with Gasteiger partial charge in [-0.15, -0.1) is 0 Å². The molecule has 16 heavy (non-hydrogen) atoms. The van der Waals surface area contributed by atoms with E-state index in [1.807, 2.05) is 26.0 Å². The molecule has 0 unspecified atom stereocenters. The van der Waals surface area contributed by atoms with Crippen LogP contribution < -0.4 is 5.32 Å². The maximum atomic E-state index is 11.4. The van der Waals surface area contributed by atoms with Crippen LogP contribution in [0.2, 0.25) is 0 Å². The topological polar surface area (TPSA) is 59.3 Å². The van der Waals surface area contributed by atoms with Crippen LogP contribution in [0.5, 0.6) is 0 Å². The number of hydrogen-bond donors (Lipinski definition) is 1. The molecule has 1 aromatic heterocycles. The first-order chi connectivity index (χ1) is 7.44. The molecular formula is C11H19NO3S. The summed E-state index contributed by atoms with van der Waals surface area (Å²) in [5.74, 6) is 1.17. The highest BCUT2D eigenvalue weighted by Gasteiger charge is 2.17. The third-order valence-electron chi connectivity index (χ3n) is 2.45. The Morgan fingerprint density at radius 2 is 2.12 bits per heavy atom. The second kappa shape index (κ2) is 5.50. The smallest absolute Gasteiger partial charge is 0.151 e. The van der Waals surface area contributed by atoms with E-state index < -0.39 is 9.84 Å². The molecule has 2 atom stereocenters. The van der Waals surface area contributed by atoms with Gasteiger partial charge in [0.05, 0.1) is 18.1 Å². The molecule has 0 amide bonds. The minimum absolute atomic E-state index is 0.0251. The first kappa shape index (κ1) is 13.3. The van der Waals surface area contributed by atoms with E-state index in [0.717, 1.165) is 5.76 Å². The molecule has 4 nitrogen and oxygen atoms in total. The van der Waals surface area contributed by atoms with Gasteiger partial charge in [0.15, 0.2) is 9.84 Å². The molecular weight excluding hydrogens is 226 g/mol. The Morgan fingerprint density at radius 1 is 1.44 bits per heavy atom. The Balaban J connectivity index is 2.49. The van der Waals surface area contributed by atoms with Crippen molar-refractivity contribution in [3.63, 3.8) is 0 Å². The Hall–Kier alpha value is -0.810. The second-order valence-electron chi connectivity index (χ2n) is 4.00. The van der Waals surface area contributed by atoms with E-state index >= 15 is 0 Å². The van der Waals surface area contributed by atoms with E-state index in [1.54, 1.807) is 13.2 Å². The fourth-order valence-corrected chi connectivity index (χ4v) is 2.69. The zero-order valence-corrected chi connectivity index (χ0v) is 10.8. The van der Waals surface area contributed by atoms with Gasteiger partial charge in [-0.2, -0.15) is 0 Å². The lowest BCUT2D eigenvalue weighted by molar-refractivity contribution is 0.408. The van der Waals surface area contributed by atoms with Crippen LogP contribution in [-0.2, 0) is 9.84 Å². The van der Waals surface area contributed by atoms with E-state index in [0.29, 0.717) is 0 Å².